The van der Waals surface area contributed by atoms with Crippen molar-refractivity contribution in [2.75, 3.05) is 0 Å². The monoisotopic (exact) mass is 340 g/mol. The van der Waals surface area contributed by atoms with E-state index in [9.17, 15) is 24.6 Å². The SMILES string of the molecule is CCCC(NC(C)C(=O)N1C(C(=O)O)C[C@@H]2CCCC[C@@H]21)C(=O)O. The molecule has 5 atom stereocenters. The van der Waals surface area contributed by atoms with Gasteiger partial charge in [0, 0.05) is 6.04 Å². The summed E-state index contributed by atoms with van der Waals surface area (Å²) in [6.45, 7) is 3.51. The molecule has 0 aromatic carbocycles. The van der Waals surface area contributed by atoms with Gasteiger partial charge in [0.25, 0.3) is 0 Å². The third-order valence-electron chi connectivity index (χ3n) is 5.32. The zero-order valence-corrected chi connectivity index (χ0v) is 14.4. The van der Waals surface area contributed by atoms with Crippen LogP contribution in [0.1, 0.15) is 58.8 Å². The van der Waals surface area contributed by atoms with Crippen LogP contribution in [0.5, 0.6) is 0 Å². The maximum absolute atomic E-state index is 12.9. The molecule has 2 aliphatic rings. The van der Waals surface area contributed by atoms with Gasteiger partial charge in [-0.05, 0) is 38.5 Å². The lowest BCUT2D eigenvalue weighted by Crippen LogP contribution is -2.55. The first-order valence-electron chi connectivity index (χ1n) is 8.90. The van der Waals surface area contributed by atoms with Gasteiger partial charge in [0.05, 0.1) is 6.04 Å². The van der Waals surface area contributed by atoms with Gasteiger partial charge in [0.1, 0.15) is 12.1 Å². The second-order valence-electron chi connectivity index (χ2n) is 7.01. The fourth-order valence-corrected chi connectivity index (χ4v) is 4.16. The van der Waals surface area contributed by atoms with Gasteiger partial charge in [-0.25, -0.2) is 4.79 Å². The Bertz CT molecular complexity index is 495. The zero-order valence-electron chi connectivity index (χ0n) is 14.4. The van der Waals surface area contributed by atoms with Crippen LogP contribution in [0.2, 0.25) is 0 Å². The minimum Gasteiger partial charge on any atom is -0.480 e. The highest BCUT2D eigenvalue weighted by Crippen LogP contribution is 2.40. The van der Waals surface area contributed by atoms with Crippen LogP contribution < -0.4 is 5.32 Å². The molecule has 2 rings (SSSR count). The Kier molecular flexibility index (Phi) is 6.21. The van der Waals surface area contributed by atoms with Gasteiger partial charge in [-0.2, -0.15) is 0 Å². The Morgan fingerprint density at radius 2 is 1.88 bits per heavy atom. The Morgan fingerprint density at radius 1 is 1.21 bits per heavy atom. The van der Waals surface area contributed by atoms with E-state index >= 15 is 0 Å². The second-order valence-corrected chi connectivity index (χ2v) is 7.01. The van der Waals surface area contributed by atoms with Crippen LogP contribution in [0, 0.1) is 5.92 Å². The molecule has 0 aromatic rings. The molecule has 1 heterocycles. The van der Waals surface area contributed by atoms with Gasteiger partial charge in [0.2, 0.25) is 5.91 Å². The Balaban J connectivity index is 2.12. The number of fused-ring (bicyclic) bond motifs is 1. The minimum atomic E-state index is -0.983. The number of carbonyl (C=O) groups excluding carboxylic acids is 1. The predicted octanol–water partition coefficient (Wildman–Crippen LogP) is 1.46. The van der Waals surface area contributed by atoms with Gasteiger partial charge in [-0.3, -0.25) is 14.9 Å². The number of aliphatic carboxylic acids is 2. The van der Waals surface area contributed by atoms with Crippen LogP contribution in [-0.2, 0) is 14.4 Å². The van der Waals surface area contributed by atoms with E-state index in [0.717, 1.165) is 25.7 Å². The number of carbonyl (C=O) groups is 3. The lowest BCUT2D eigenvalue weighted by Gasteiger charge is -2.35. The first-order chi connectivity index (χ1) is 11.4. The van der Waals surface area contributed by atoms with E-state index in [1.54, 1.807) is 6.92 Å². The van der Waals surface area contributed by atoms with Crippen molar-refractivity contribution >= 4 is 17.8 Å². The number of likely N-dealkylation sites (tertiary alicyclic amines) is 1. The summed E-state index contributed by atoms with van der Waals surface area (Å²) in [5.41, 5.74) is 0. The number of carboxylic acid groups (broad SMARTS) is 2. The molecule has 2 fully saturated rings. The molecule has 1 saturated carbocycles. The van der Waals surface area contributed by atoms with Crippen LogP contribution in [0.4, 0.5) is 0 Å². The second kappa shape index (κ2) is 7.96. The van der Waals surface area contributed by atoms with E-state index in [-0.39, 0.29) is 17.9 Å². The number of hydrogen-bond acceptors (Lipinski definition) is 4. The number of rotatable bonds is 7. The van der Waals surface area contributed by atoms with Crippen LogP contribution in [-0.4, -0.2) is 57.1 Å². The van der Waals surface area contributed by atoms with Gasteiger partial charge in [-0.1, -0.05) is 26.2 Å². The molecule has 136 valence electrons. The predicted molar refractivity (Wildman–Crippen MR) is 87.6 cm³/mol. The van der Waals surface area contributed by atoms with E-state index in [1.165, 1.54) is 4.90 Å². The first-order valence-corrected chi connectivity index (χ1v) is 8.90. The molecule has 3 unspecified atom stereocenters. The molecule has 7 heteroatoms. The van der Waals surface area contributed by atoms with Gasteiger partial charge >= 0.3 is 11.9 Å². The normalized spacial score (nSPS) is 28.9. The average molecular weight is 340 g/mol. The topological polar surface area (TPSA) is 107 Å². The van der Waals surface area contributed by atoms with Crippen molar-refractivity contribution in [3.8, 4) is 0 Å². The highest BCUT2D eigenvalue weighted by Gasteiger charge is 2.48. The molecule has 1 amide bonds. The lowest BCUT2D eigenvalue weighted by atomic mass is 9.84. The van der Waals surface area contributed by atoms with Crippen molar-refractivity contribution in [1.82, 2.24) is 10.2 Å². The number of nitrogens with one attached hydrogen (secondary N) is 1. The molecule has 0 bridgehead atoms. The summed E-state index contributed by atoms with van der Waals surface area (Å²) >= 11 is 0. The van der Waals surface area contributed by atoms with E-state index < -0.39 is 30.1 Å². The summed E-state index contributed by atoms with van der Waals surface area (Å²) in [6, 6.07) is -2.31. The molecule has 0 radical (unpaired) electrons. The molecule has 1 aliphatic heterocycles. The van der Waals surface area contributed by atoms with Crippen LogP contribution >= 0.6 is 0 Å². The Hall–Kier alpha value is -1.63. The van der Waals surface area contributed by atoms with Crippen molar-refractivity contribution < 1.29 is 24.6 Å². The van der Waals surface area contributed by atoms with Crippen molar-refractivity contribution in [1.29, 1.82) is 0 Å². The fraction of sp³-hybridized carbons (Fsp3) is 0.824. The number of carboxylic acids is 2. The molecular formula is C17H28N2O5. The molecule has 3 N–H and O–H groups in total. The quantitative estimate of drug-likeness (QED) is 0.648. The largest absolute Gasteiger partial charge is 0.480 e. The maximum atomic E-state index is 12.9. The minimum absolute atomic E-state index is 0.0222. The van der Waals surface area contributed by atoms with E-state index in [2.05, 4.69) is 5.32 Å². The smallest absolute Gasteiger partial charge is 0.326 e. The van der Waals surface area contributed by atoms with E-state index in [4.69, 9.17) is 0 Å². The van der Waals surface area contributed by atoms with Crippen LogP contribution in [0.15, 0.2) is 0 Å². The third-order valence-corrected chi connectivity index (χ3v) is 5.32. The number of amides is 1. The summed E-state index contributed by atoms with van der Waals surface area (Å²) in [6.07, 6.45) is 5.53. The van der Waals surface area contributed by atoms with Crippen molar-refractivity contribution in [3.63, 3.8) is 0 Å². The average Bonchev–Trinajstić information content (AvgIpc) is 2.93. The molecule has 7 nitrogen and oxygen atoms in total. The Morgan fingerprint density at radius 3 is 2.46 bits per heavy atom. The standard InChI is InChI=1S/C17H28N2O5/c1-3-6-12(16(21)22)18-10(2)15(20)19-13-8-5-4-7-11(13)9-14(19)17(23)24/h10-14,18H,3-9H2,1-2H3,(H,21,22)(H,23,24)/t10?,11-,12?,13-,14?/m0/s1. The first kappa shape index (κ1) is 18.7. The van der Waals surface area contributed by atoms with E-state index in [1.807, 2.05) is 6.92 Å². The summed E-state index contributed by atoms with van der Waals surface area (Å²) in [4.78, 5) is 37.3. The number of nitrogens with zero attached hydrogens (tertiary/aromatic N) is 1. The fourth-order valence-electron chi connectivity index (χ4n) is 4.16. The van der Waals surface area contributed by atoms with Crippen molar-refractivity contribution in [2.45, 2.75) is 83.0 Å². The summed E-state index contributed by atoms with van der Waals surface area (Å²) in [7, 11) is 0. The molecule has 24 heavy (non-hydrogen) atoms. The summed E-state index contributed by atoms with van der Waals surface area (Å²) in [5, 5.41) is 21.6. The molecule has 1 aliphatic carbocycles. The van der Waals surface area contributed by atoms with Crippen molar-refractivity contribution in [2.24, 2.45) is 5.92 Å². The molecule has 1 saturated heterocycles. The summed E-state index contributed by atoms with van der Waals surface area (Å²) in [5.74, 6) is -1.99. The molecule has 0 spiro atoms. The zero-order chi connectivity index (χ0) is 17.9. The maximum Gasteiger partial charge on any atom is 0.326 e. The van der Waals surface area contributed by atoms with Crippen molar-refractivity contribution in [3.05, 3.63) is 0 Å². The van der Waals surface area contributed by atoms with Gasteiger partial charge in [-0.15, -0.1) is 0 Å². The van der Waals surface area contributed by atoms with Gasteiger partial charge in [0.15, 0.2) is 0 Å². The van der Waals surface area contributed by atoms with Gasteiger partial charge < -0.3 is 15.1 Å². The van der Waals surface area contributed by atoms with Crippen LogP contribution in [0.25, 0.3) is 0 Å². The third kappa shape index (κ3) is 3.88. The highest BCUT2D eigenvalue weighted by atomic mass is 16.4. The van der Waals surface area contributed by atoms with E-state index in [0.29, 0.717) is 19.3 Å². The highest BCUT2D eigenvalue weighted by molar-refractivity contribution is 5.88. The molecule has 0 aromatic heterocycles. The Labute approximate surface area is 142 Å². The number of hydrogen-bond donors (Lipinski definition) is 3. The summed E-state index contributed by atoms with van der Waals surface area (Å²) < 4.78 is 0. The molecular weight excluding hydrogens is 312 g/mol. The lowest BCUT2D eigenvalue weighted by molar-refractivity contribution is -0.151. The van der Waals surface area contributed by atoms with Crippen LogP contribution in [0.3, 0.4) is 0 Å².